The van der Waals surface area contributed by atoms with Gasteiger partial charge in [0, 0.05) is 5.69 Å². The Bertz CT molecular complexity index is 1400. The molecule has 1 N–H and O–H groups in total. The van der Waals surface area contributed by atoms with E-state index in [9.17, 15) is 19.2 Å². The van der Waals surface area contributed by atoms with Crippen LogP contribution in [0.2, 0.25) is 0 Å². The van der Waals surface area contributed by atoms with Crippen molar-refractivity contribution in [3.8, 4) is 6.07 Å². The topological polar surface area (TPSA) is 91.0 Å². The molecule has 11 heteroatoms. The van der Waals surface area contributed by atoms with Crippen LogP contribution in [0.4, 0.5) is 10.1 Å². The SMILES string of the molecule is BC(B)(B)N1C(=O)[C@@H](NC(=O)c2nn(Cc3ccccc3)cc2F)C2C(C)C2c2cc(C#N)ccc21. The van der Waals surface area contributed by atoms with Gasteiger partial charge in [-0.05, 0) is 52.3 Å². The fraction of sp³-hybridized carbons (Fsp3) is 0.280. The Hall–Kier alpha value is -3.80. The Labute approximate surface area is 211 Å². The largest absolute Gasteiger partial charge is 0.338 e. The average Bonchev–Trinajstić information content (AvgIpc) is 3.38. The van der Waals surface area contributed by atoms with Gasteiger partial charge >= 0.3 is 0 Å². The highest BCUT2D eigenvalue weighted by molar-refractivity contribution is 6.62. The fourth-order valence-electron chi connectivity index (χ4n) is 5.47. The molecule has 2 aliphatic rings. The summed E-state index contributed by atoms with van der Waals surface area (Å²) in [4.78, 5) is 28.8. The van der Waals surface area contributed by atoms with Crippen LogP contribution in [0.15, 0.2) is 54.7 Å². The van der Waals surface area contributed by atoms with Crippen LogP contribution in [0.1, 0.15) is 40.0 Å². The van der Waals surface area contributed by atoms with Crippen molar-refractivity contribution in [2.24, 2.45) is 11.8 Å². The van der Waals surface area contributed by atoms with Crippen LogP contribution in [0.3, 0.4) is 0 Å². The Morgan fingerprint density at radius 2 is 1.94 bits per heavy atom. The maximum absolute atomic E-state index is 14.8. The Kier molecular flexibility index (Phi) is 5.78. The highest BCUT2D eigenvalue weighted by Crippen LogP contribution is 2.60. The lowest BCUT2D eigenvalue weighted by atomic mass is 9.48. The van der Waals surface area contributed by atoms with Crippen molar-refractivity contribution in [2.45, 2.75) is 30.7 Å². The van der Waals surface area contributed by atoms with Gasteiger partial charge in [-0.15, -0.1) is 0 Å². The number of nitriles is 1. The molecule has 7 nitrogen and oxygen atoms in total. The van der Waals surface area contributed by atoms with Crippen molar-refractivity contribution >= 4 is 41.0 Å². The molecule has 1 aliphatic heterocycles. The smallest absolute Gasteiger partial charge is 0.275 e. The number of halogens is 1. The van der Waals surface area contributed by atoms with Crippen LogP contribution in [0, 0.1) is 29.0 Å². The number of carbonyl (C=O) groups excluding carboxylic acids is 2. The van der Waals surface area contributed by atoms with Gasteiger partial charge in [0.25, 0.3) is 5.91 Å². The lowest BCUT2D eigenvalue weighted by molar-refractivity contribution is -0.121. The fourth-order valence-corrected chi connectivity index (χ4v) is 5.47. The number of aromatic nitrogens is 2. The summed E-state index contributed by atoms with van der Waals surface area (Å²) in [6, 6.07) is 16.2. The first kappa shape index (κ1) is 23.9. The highest BCUT2D eigenvalue weighted by atomic mass is 19.1. The highest BCUT2D eigenvalue weighted by Gasteiger charge is 2.59. The molecular formula is C25H25B3FN5O2. The molecule has 3 unspecified atom stereocenters. The van der Waals surface area contributed by atoms with Crippen molar-refractivity contribution in [2.75, 3.05) is 4.90 Å². The summed E-state index contributed by atoms with van der Waals surface area (Å²) in [5.74, 6) is -1.73. The van der Waals surface area contributed by atoms with Crippen LogP contribution < -0.4 is 10.2 Å². The van der Waals surface area contributed by atoms with Gasteiger partial charge in [-0.1, -0.05) is 37.3 Å². The lowest BCUT2D eigenvalue weighted by Gasteiger charge is -2.39. The van der Waals surface area contributed by atoms with E-state index in [1.165, 1.54) is 10.9 Å². The summed E-state index contributed by atoms with van der Waals surface area (Å²) in [6.45, 7) is 2.36. The molecule has 2 amide bonds. The van der Waals surface area contributed by atoms with Gasteiger partial charge in [0.05, 0.1) is 24.4 Å². The molecule has 4 atom stereocenters. The first-order valence-electron chi connectivity index (χ1n) is 12.1. The van der Waals surface area contributed by atoms with Crippen LogP contribution >= 0.6 is 0 Å². The van der Waals surface area contributed by atoms with Crippen molar-refractivity contribution in [3.63, 3.8) is 0 Å². The zero-order chi connectivity index (χ0) is 25.8. The van der Waals surface area contributed by atoms with Crippen molar-refractivity contribution in [3.05, 3.63) is 82.9 Å². The predicted octanol–water partition coefficient (Wildman–Crippen LogP) is -0.0525. The average molecular weight is 479 g/mol. The van der Waals surface area contributed by atoms with E-state index in [1.807, 2.05) is 72.9 Å². The van der Waals surface area contributed by atoms with Gasteiger partial charge in [0.2, 0.25) is 5.91 Å². The quantitative estimate of drug-likeness (QED) is 0.520. The third-order valence-corrected chi connectivity index (χ3v) is 7.15. The number of nitrogens with zero attached hydrogens (tertiary/aromatic N) is 4. The predicted molar refractivity (Wildman–Crippen MR) is 141 cm³/mol. The van der Waals surface area contributed by atoms with Gasteiger partial charge in [0.1, 0.15) is 29.6 Å². The maximum atomic E-state index is 14.8. The molecular weight excluding hydrogens is 454 g/mol. The molecule has 0 saturated heterocycles. The number of hydrogen-bond acceptors (Lipinski definition) is 4. The minimum Gasteiger partial charge on any atom is -0.338 e. The van der Waals surface area contributed by atoms with Crippen LogP contribution in [0.5, 0.6) is 0 Å². The Morgan fingerprint density at radius 3 is 2.61 bits per heavy atom. The van der Waals surface area contributed by atoms with E-state index in [4.69, 9.17) is 0 Å². The lowest BCUT2D eigenvalue weighted by Crippen LogP contribution is -2.60. The van der Waals surface area contributed by atoms with Crippen LogP contribution in [-0.2, 0) is 11.3 Å². The molecule has 1 aliphatic carbocycles. The second-order valence-corrected chi connectivity index (χ2v) is 10.7. The molecule has 1 fully saturated rings. The van der Waals surface area contributed by atoms with E-state index >= 15 is 0 Å². The number of rotatable bonds is 5. The van der Waals surface area contributed by atoms with Crippen molar-refractivity contribution in [1.29, 1.82) is 5.26 Å². The number of benzene rings is 2. The summed E-state index contributed by atoms with van der Waals surface area (Å²) in [7, 11) is 5.78. The number of hydrogen-bond donors (Lipinski definition) is 1. The monoisotopic (exact) mass is 479 g/mol. The molecule has 5 rings (SSSR count). The normalized spacial score (nSPS) is 22.7. The third kappa shape index (κ3) is 4.11. The number of amides is 2. The molecule has 3 aromatic rings. The second-order valence-electron chi connectivity index (χ2n) is 10.7. The Morgan fingerprint density at radius 1 is 1.22 bits per heavy atom. The van der Waals surface area contributed by atoms with Crippen molar-refractivity contribution in [1.82, 2.24) is 15.1 Å². The first-order valence-corrected chi connectivity index (χ1v) is 12.1. The van der Waals surface area contributed by atoms with E-state index in [-0.39, 0.29) is 29.4 Å². The van der Waals surface area contributed by atoms with E-state index < -0.39 is 23.0 Å². The number of anilines is 1. The second kappa shape index (κ2) is 8.70. The van der Waals surface area contributed by atoms with Crippen LogP contribution in [0.25, 0.3) is 0 Å². The molecule has 36 heavy (non-hydrogen) atoms. The van der Waals surface area contributed by atoms with Crippen molar-refractivity contribution < 1.29 is 14.0 Å². The van der Waals surface area contributed by atoms with E-state index in [0.717, 1.165) is 16.8 Å². The molecule has 2 heterocycles. The molecule has 0 bridgehead atoms. The van der Waals surface area contributed by atoms with E-state index in [0.29, 0.717) is 12.1 Å². The summed E-state index contributed by atoms with van der Waals surface area (Å²) in [5.41, 5.74) is 2.81. The van der Waals surface area contributed by atoms with Gasteiger partial charge in [0.15, 0.2) is 11.5 Å². The molecule has 0 spiro atoms. The van der Waals surface area contributed by atoms with Gasteiger partial charge in [-0.3, -0.25) is 14.3 Å². The molecule has 1 saturated carbocycles. The van der Waals surface area contributed by atoms with E-state index in [2.05, 4.69) is 16.5 Å². The zero-order valence-corrected chi connectivity index (χ0v) is 20.7. The first-order chi connectivity index (χ1) is 17.1. The van der Waals surface area contributed by atoms with Gasteiger partial charge in [-0.25, -0.2) is 4.39 Å². The third-order valence-electron chi connectivity index (χ3n) is 7.15. The number of fused-ring (bicyclic) bond motifs is 3. The summed E-state index contributed by atoms with van der Waals surface area (Å²) >= 11 is 0. The summed E-state index contributed by atoms with van der Waals surface area (Å²) < 4.78 is 16.2. The summed E-state index contributed by atoms with van der Waals surface area (Å²) in [6.07, 6.45) is 1.19. The molecule has 0 radical (unpaired) electrons. The maximum Gasteiger partial charge on any atom is 0.275 e. The molecule has 1 aromatic heterocycles. The minimum absolute atomic E-state index is 0.00962. The number of carbonyl (C=O) groups is 2. The van der Waals surface area contributed by atoms with Crippen LogP contribution in [-0.4, -0.2) is 56.4 Å². The zero-order valence-electron chi connectivity index (χ0n) is 20.7. The molecule has 2 aromatic carbocycles. The molecule has 178 valence electrons. The summed E-state index contributed by atoms with van der Waals surface area (Å²) in [5, 5.41) is 15.9. The standard InChI is InChI=1S/C25H25B3FN5O2/c1-13-19-16-9-15(10-30)7-8-18(16)34(25(26,27)28)24(36)22(20(13)19)31-23(35)21-17(29)12-33(32-21)11-14-5-3-2-4-6-14/h2-9,12-13,19-20,22H,11,26-28H2,1H3,(H,31,35)/t13?,19?,20?,22-/m0/s1. The minimum atomic E-state index is -0.840. The van der Waals surface area contributed by atoms with E-state index in [1.54, 1.807) is 11.0 Å². The number of nitrogens with one attached hydrogen (secondary N) is 1. The van der Waals surface area contributed by atoms with Gasteiger partial charge < -0.3 is 10.2 Å². The van der Waals surface area contributed by atoms with Gasteiger partial charge in [-0.2, -0.15) is 10.4 Å². The Balaban J connectivity index is 1.46.